The average molecular weight is 417 g/mol. The molecule has 27 heavy (non-hydrogen) atoms. The van der Waals surface area contributed by atoms with Crippen LogP contribution in [0.25, 0.3) is 0 Å². The van der Waals surface area contributed by atoms with Gasteiger partial charge in [0.25, 0.3) is 0 Å². The van der Waals surface area contributed by atoms with Gasteiger partial charge in [0, 0.05) is 13.8 Å². The van der Waals surface area contributed by atoms with E-state index in [0.29, 0.717) is 23.3 Å². The van der Waals surface area contributed by atoms with Gasteiger partial charge in [0.05, 0.1) is 13.2 Å². The zero-order chi connectivity index (χ0) is 19.5. The second-order valence-electron chi connectivity index (χ2n) is 6.70. The van der Waals surface area contributed by atoms with Crippen molar-refractivity contribution in [3.63, 3.8) is 0 Å². The third-order valence-electron chi connectivity index (χ3n) is 4.76. The number of thiocarbonyl (C=S) groups is 2. The zero-order valence-corrected chi connectivity index (χ0v) is 18.8. The molecule has 0 N–H and O–H groups in total. The van der Waals surface area contributed by atoms with Gasteiger partial charge in [-0.3, -0.25) is 0 Å². The van der Waals surface area contributed by atoms with Crippen LogP contribution < -0.4 is 10.4 Å². The van der Waals surface area contributed by atoms with Crippen LogP contribution in [0, 0.1) is 0 Å². The van der Waals surface area contributed by atoms with Crippen LogP contribution >= 0.6 is 24.4 Å². The first-order chi connectivity index (χ1) is 13.0. The molecule has 0 bridgehead atoms. The van der Waals surface area contributed by atoms with E-state index in [1.807, 2.05) is 13.8 Å². The summed E-state index contributed by atoms with van der Waals surface area (Å²) in [5, 5.41) is 4.17. The standard InChI is InChI=1S/C22H28O2S2Si/c1-19(25)23-15-9-17-27(18-10-16-24-20(2)26,21-11-5-3-6-12-21)22-13-7-4-8-14-22/h3-8,11-14H,9-10,15-18H2,1-2H3. The number of benzene rings is 2. The number of hydrogen-bond acceptors (Lipinski definition) is 4. The first kappa shape index (κ1) is 21.7. The fourth-order valence-corrected chi connectivity index (χ4v) is 8.62. The second kappa shape index (κ2) is 11.3. The highest BCUT2D eigenvalue weighted by molar-refractivity contribution is 7.80. The van der Waals surface area contributed by atoms with Crippen LogP contribution in [-0.2, 0) is 9.47 Å². The third-order valence-corrected chi connectivity index (χ3v) is 10.3. The Labute approximate surface area is 174 Å². The summed E-state index contributed by atoms with van der Waals surface area (Å²) < 4.78 is 11.2. The summed E-state index contributed by atoms with van der Waals surface area (Å²) >= 11 is 10.1. The van der Waals surface area contributed by atoms with Gasteiger partial charge in [-0.1, -0.05) is 71.0 Å². The monoisotopic (exact) mass is 416 g/mol. The van der Waals surface area contributed by atoms with Gasteiger partial charge < -0.3 is 9.47 Å². The Morgan fingerprint density at radius 2 is 1.07 bits per heavy atom. The van der Waals surface area contributed by atoms with Gasteiger partial charge in [-0.05, 0) is 49.4 Å². The predicted molar refractivity (Wildman–Crippen MR) is 125 cm³/mol. The third kappa shape index (κ3) is 6.83. The number of ether oxygens (including phenoxy) is 2. The fraction of sp³-hybridized carbons (Fsp3) is 0.364. The molecule has 0 atom stereocenters. The molecule has 0 saturated heterocycles. The quantitative estimate of drug-likeness (QED) is 0.316. The predicted octanol–water partition coefficient (Wildman–Crippen LogP) is 4.76. The second-order valence-corrected chi connectivity index (χ2v) is 12.2. The van der Waals surface area contributed by atoms with E-state index in [1.54, 1.807) is 0 Å². The van der Waals surface area contributed by atoms with Crippen molar-refractivity contribution in [2.24, 2.45) is 0 Å². The van der Waals surface area contributed by atoms with Gasteiger partial charge in [-0.15, -0.1) is 0 Å². The molecule has 0 radical (unpaired) electrons. The van der Waals surface area contributed by atoms with E-state index in [4.69, 9.17) is 33.9 Å². The van der Waals surface area contributed by atoms with E-state index in [1.165, 1.54) is 10.4 Å². The molecule has 2 rings (SSSR count). The molecule has 0 aliphatic heterocycles. The van der Waals surface area contributed by atoms with Crippen LogP contribution in [0.2, 0.25) is 12.1 Å². The molecule has 0 amide bonds. The summed E-state index contributed by atoms with van der Waals surface area (Å²) in [5.74, 6) is 0. The highest BCUT2D eigenvalue weighted by atomic mass is 32.1. The maximum Gasteiger partial charge on any atom is 0.156 e. The van der Waals surface area contributed by atoms with Crippen LogP contribution in [0.15, 0.2) is 60.7 Å². The van der Waals surface area contributed by atoms with E-state index < -0.39 is 8.07 Å². The van der Waals surface area contributed by atoms with Crippen molar-refractivity contribution in [1.29, 1.82) is 0 Å². The molecule has 0 unspecified atom stereocenters. The van der Waals surface area contributed by atoms with E-state index in [0.717, 1.165) is 24.9 Å². The van der Waals surface area contributed by atoms with Crippen LogP contribution in [-0.4, -0.2) is 31.4 Å². The molecular weight excluding hydrogens is 388 g/mol. The summed E-state index contributed by atoms with van der Waals surface area (Å²) in [6.45, 7) is 5.03. The van der Waals surface area contributed by atoms with Crippen molar-refractivity contribution in [2.75, 3.05) is 13.2 Å². The van der Waals surface area contributed by atoms with Gasteiger partial charge in [-0.2, -0.15) is 0 Å². The van der Waals surface area contributed by atoms with Gasteiger partial charge >= 0.3 is 0 Å². The molecule has 0 aromatic heterocycles. The van der Waals surface area contributed by atoms with Crippen LogP contribution in [0.3, 0.4) is 0 Å². The van der Waals surface area contributed by atoms with Crippen molar-refractivity contribution < 1.29 is 9.47 Å². The summed E-state index contributed by atoms with van der Waals surface area (Å²) in [5.41, 5.74) is 0. The normalized spacial score (nSPS) is 11.0. The smallest absolute Gasteiger partial charge is 0.156 e. The van der Waals surface area contributed by atoms with E-state index in [2.05, 4.69) is 60.7 Å². The lowest BCUT2D eigenvalue weighted by Crippen LogP contribution is -2.58. The Bertz CT molecular complexity index is 656. The maximum atomic E-state index is 5.58. The SMILES string of the molecule is CC(=S)OCCC[Si](CCCOC(C)=S)(c1ccccc1)c1ccccc1. The summed E-state index contributed by atoms with van der Waals surface area (Å²) in [4.78, 5) is 0. The molecule has 0 aliphatic rings. The highest BCUT2D eigenvalue weighted by Gasteiger charge is 2.36. The fourth-order valence-electron chi connectivity index (χ4n) is 3.56. The lowest BCUT2D eigenvalue weighted by molar-refractivity contribution is 0.307. The first-order valence-electron chi connectivity index (χ1n) is 9.42. The molecule has 2 aromatic carbocycles. The Morgan fingerprint density at radius 3 is 1.41 bits per heavy atom. The van der Waals surface area contributed by atoms with Gasteiger partial charge in [0.2, 0.25) is 0 Å². The first-order valence-corrected chi connectivity index (χ1v) is 12.7. The molecule has 0 spiro atoms. The highest BCUT2D eigenvalue weighted by Crippen LogP contribution is 2.21. The number of hydrogen-bond donors (Lipinski definition) is 0. The zero-order valence-electron chi connectivity index (χ0n) is 16.1. The summed E-state index contributed by atoms with van der Waals surface area (Å²) in [7, 11) is -1.94. The van der Waals surface area contributed by atoms with Crippen molar-refractivity contribution in [1.82, 2.24) is 0 Å². The molecule has 2 nitrogen and oxygen atoms in total. The van der Waals surface area contributed by atoms with E-state index in [-0.39, 0.29) is 0 Å². The molecule has 0 fully saturated rings. The van der Waals surface area contributed by atoms with Crippen molar-refractivity contribution >= 4 is 53.0 Å². The summed E-state index contributed by atoms with van der Waals surface area (Å²) in [6.07, 6.45) is 1.99. The van der Waals surface area contributed by atoms with Crippen molar-refractivity contribution in [3.05, 3.63) is 60.7 Å². The lowest BCUT2D eigenvalue weighted by atomic mass is 10.4. The molecule has 0 aliphatic carbocycles. The Hall–Kier alpha value is -1.56. The molecule has 0 saturated carbocycles. The van der Waals surface area contributed by atoms with E-state index >= 15 is 0 Å². The Balaban J connectivity index is 2.29. The lowest BCUT2D eigenvalue weighted by Gasteiger charge is -2.33. The molecule has 0 heterocycles. The van der Waals surface area contributed by atoms with Crippen LogP contribution in [0.1, 0.15) is 26.7 Å². The molecule has 5 heteroatoms. The molecule has 2 aromatic rings. The molecular formula is C22H28O2S2Si. The van der Waals surface area contributed by atoms with Crippen molar-refractivity contribution in [3.8, 4) is 0 Å². The van der Waals surface area contributed by atoms with Crippen LogP contribution in [0.4, 0.5) is 0 Å². The Morgan fingerprint density at radius 1 is 0.704 bits per heavy atom. The van der Waals surface area contributed by atoms with Gasteiger partial charge in [0.15, 0.2) is 10.1 Å². The number of rotatable bonds is 10. The van der Waals surface area contributed by atoms with Gasteiger partial charge in [-0.25, -0.2) is 0 Å². The van der Waals surface area contributed by atoms with Gasteiger partial charge in [0.1, 0.15) is 8.07 Å². The average Bonchev–Trinajstić information content (AvgIpc) is 2.68. The topological polar surface area (TPSA) is 18.5 Å². The minimum Gasteiger partial charge on any atom is -0.487 e. The van der Waals surface area contributed by atoms with Crippen LogP contribution in [0.5, 0.6) is 0 Å². The van der Waals surface area contributed by atoms with E-state index in [9.17, 15) is 0 Å². The largest absolute Gasteiger partial charge is 0.487 e. The molecule has 144 valence electrons. The minimum absolute atomic E-state index is 0.617. The minimum atomic E-state index is -1.94. The Kier molecular flexibility index (Phi) is 9.11. The van der Waals surface area contributed by atoms with Crippen molar-refractivity contribution in [2.45, 2.75) is 38.8 Å². The summed E-state index contributed by atoms with van der Waals surface area (Å²) in [6, 6.07) is 24.2. The maximum absolute atomic E-state index is 5.58.